The quantitative estimate of drug-likeness (QED) is 0.807. The SMILES string of the molecule is Fc1cc(F)c(F)c(C2CCN(Cn3ccnc3)C2)c1. The van der Waals surface area contributed by atoms with E-state index in [0.717, 1.165) is 12.6 Å². The molecule has 0 spiro atoms. The predicted molar refractivity (Wildman–Crippen MR) is 67.5 cm³/mol. The molecule has 0 radical (unpaired) electrons. The Morgan fingerprint density at radius 3 is 2.85 bits per heavy atom. The first kappa shape index (κ1) is 13.2. The van der Waals surface area contributed by atoms with E-state index in [4.69, 9.17) is 0 Å². The molecule has 3 nitrogen and oxygen atoms in total. The van der Waals surface area contributed by atoms with Gasteiger partial charge in [0.1, 0.15) is 5.82 Å². The van der Waals surface area contributed by atoms with Gasteiger partial charge in [0.05, 0.1) is 13.0 Å². The van der Waals surface area contributed by atoms with Crippen LogP contribution in [0.2, 0.25) is 0 Å². The summed E-state index contributed by atoms with van der Waals surface area (Å²) >= 11 is 0. The molecule has 106 valence electrons. The first-order valence-electron chi connectivity index (χ1n) is 6.46. The van der Waals surface area contributed by atoms with Crippen LogP contribution < -0.4 is 0 Å². The van der Waals surface area contributed by atoms with Crippen LogP contribution in [0.4, 0.5) is 13.2 Å². The number of halogens is 3. The summed E-state index contributed by atoms with van der Waals surface area (Å²) in [7, 11) is 0. The van der Waals surface area contributed by atoms with Gasteiger partial charge < -0.3 is 4.57 Å². The normalized spacial score (nSPS) is 19.6. The van der Waals surface area contributed by atoms with E-state index in [9.17, 15) is 13.2 Å². The van der Waals surface area contributed by atoms with Gasteiger partial charge in [-0.25, -0.2) is 18.2 Å². The van der Waals surface area contributed by atoms with Crippen LogP contribution in [0, 0.1) is 17.5 Å². The molecule has 0 saturated carbocycles. The van der Waals surface area contributed by atoms with Crippen molar-refractivity contribution < 1.29 is 13.2 Å². The van der Waals surface area contributed by atoms with Gasteiger partial charge in [-0.3, -0.25) is 4.90 Å². The predicted octanol–water partition coefficient (Wildman–Crippen LogP) is 2.75. The molecule has 1 fully saturated rings. The molecule has 1 aliphatic rings. The standard InChI is InChI=1S/C14H14F3N3/c15-11-5-12(14(17)13(16)6-11)10-1-3-19(7-10)9-20-4-2-18-8-20/h2,4-6,8,10H,1,3,7,9H2. The molecule has 1 saturated heterocycles. The Balaban J connectivity index is 1.74. The molecule has 20 heavy (non-hydrogen) atoms. The third kappa shape index (κ3) is 2.56. The lowest BCUT2D eigenvalue weighted by Crippen LogP contribution is -2.23. The average molecular weight is 281 g/mol. The molecule has 1 aliphatic heterocycles. The molecule has 2 heterocycles. The van der Waals surface area contributed by atoms with E-state index in [1.807, 2.05) is 10.8 Å². The van der Waals surface area contributed by atoms with Crippen molar-refractivity contribution in [2.45, 2.75) is 19.0 Å². The Bertz CT molecular complexity index is 598. The Kier molecular flexibility index (Phi) is 3.48. The average Bonchev–Trinajstić information content (AvgIpc) is 3.06. The number of aromatic nitrogens is 2. The van der Waals surface area contributed by atoms with Crippen molar-refractivity contribution in [1.29, 1.82) is 0 Å². The van der Waals surface area contributed by atoms with Gasteiger partial charge in [-0.1, -0.05) is 0 Å². The van der Waals surface area contributed by atoms with Gasteiger partial charge in [0.25, 0.3) is 0 Å². The van der Waals surface area contributed by atoms with Gasteiger partial charge in [0.15, 0.2) is 11.6 Å². The highest BCUT2D eigenvalue weighted by molar-refractivity contribution is 5.25. The zero-order chi connectivity index (χ0) is 14.1. The van der Waals surface area contributed by atoms with Crippen molar-refractivity contribution in [3.8, 4) is 0 Å². The highest BCUT2D eigenvalue weighted by Crippen LogP contribution is 2.30. The second kappa shape index (κ2) is 5.28. The molecule has 1 aromatic carbocycles. The third-order valence-corrected chi connectivity index (χ3v) is 3.66. The Hall–Kier alpha value is -1.82. The fraction of sp³-hybridized carbons (Fsp3) is 0.357. The van der Waals surface area contributed by atoms with E-state index in [-0.39, 0.29) is 11.5 Å². The minimum Gasteiger partial charge on any atom is -0.324 e. The molecule has 0 aliphatic carbocycles. The number of imidazole rings is 1. The first-order chi connectivity index (χ1) is 9.63. The van der Waals surface area contributed by atoms with Crippen LogP contribution in [-0.2, 0) is 6.67 Å². The van der Waals surface area contributed by atoms with Gasteiger partial charge in [0.2, 0.25) is 0 Å². The zero-order valence-corrected chi connectivity index (χ0v) is 10.8. The van der Waals surface area contributed by atoms with Gasteiger partial charge in [-0.15, -0.1) is 0 Å². The van der Waals surface area contributed by atoms with Gasteiger partial charge in [0, 0.05) is 37.5 Å². The minimum atomic E-state index is -1.12. The highest BCUT2D eigenvalue weighted by Gasteiger charge is 2.27. The van der Waals surface area contributed by atoms with E-state index in [0.29, 0.717) is 25.7 Å². The molecular weight excluding hydrogens is 267 g/mol. The summed E-state index contributed by atoms with van der Waals surface area (Å²) in [5, 5.41) is 0. The lowest BCUT2D eigenvalue weighted by Gasteiger charge is -2.17. The van der Waals surface area contributed by atoms with Crippen LogP contribution in [0.25, 0.3) is 0 Å². The minimum absolute atomic E-state index is 0.135. The van der Waals surface area contributed by atoms with Gasteiger partial charge in [-0.2, -0.15) is 0 Å². The molecule has 0 bridgehead atoms. The van der Waals surface area contributed by atoms with Crippen LogP contribution >= 0.6 is 0 Å². The lowest BCUT2D eigenvalue weighted by atomic mass is 9.97. The van der Waals surface area contributed by atoms with Crippen LogP contribution in [0.3, 0.4) is 0 Å². The summed E-state index contributed by atoms with van der Waals surface area (Å²) in [4.78, 5) is 6.06. The third-order valence-electron chi connectivity index (χ3n) is 3.66. The Labute approximate surface area is 114 Å². The van der Waals surface area contributed by atoms with E-state index in [1.54, 1.807) is 12.5 Å². The number of nitrogens with zero attached hydrogens (tertiary/aromatic N) is 3. The van der Waals surface area contributed by atoms with Crippen molar-refractivity contribution >= 4 is 0 Å². The molecule has 0 N–H and O–H groups in total. The van der Waals surface area contributed by atoms with Crippen molar-refractivity contribution in [3.63, 3.8) is 0 Å². The summed E-state index contributed by atoms with van der Waals surface area (Å²) < 4.78 is 42.2. The summed E-state index contributed by atoms with van der Waals surface area (Å²) in [6.07, 6.45) is 5.93. The maximum Gasteiger partial charge on any atom is 0.162 e. The first-order valence-corrected chi connectivity index (χ1v) is 6.46. The van der Waals surface area contributed by atoms with Crippen molar-refractivity contribution in [2.75, 3.05) is 13.1 Å². The van der Waals surface area contributed by atoms with Gasteiger partial charge >= 0.3 is 0 Å². The molecule has 1 unspecified atom stereocenters. The molecule has 1 atom stereocenters. The Morgan fingerprint density at radius 2 is 2.10 bits per heavy atom. The second-order valence-electron chi connectivity index (χ2n) is 5.07. The Morgan fingerprint density at radius 1 is 1.25 bits per heavy atom. The monoisotopic (exact) mass is 281 g/mol. The van der Waals surface area contributed by atoms with Crippen molar-refractivity contribution in [2.24, 2.45) is 0 Å². The molecule has 1 aromatic heterocycles. The molecular formula is C14H14F3N3. The number of hydrogen-bond donors (Lipinski definition) is 0. The number of likely N-dealkylation sites (tertiary alicyclic amines) is 1. The zero-order valence-electron chi connectivity index (χ0n) is 10.8. The maximum absolute atomic E-state index is 13.8. The fourth-order valence-electron chi connectivity index (χ4n) is 2.69. The maximum atomic E-state index is 13.8. The van der Waals surface area contributed by atoms with Crippen LogP contribution in [-0.4, -0.2) is 27.5 Å². The number of hydrogen-bond acceptors (Lipinski definition) is 2. The number of benzene rings is 1. The topological polar surface area (TPSA) is 21.1 Å². The van der Waals surface area contributed by atoms with E-state index in [2.05, 4.69) is 9.88 Å². The van der Waals surface area contributed by atoms with Crippen molar-refractivity contribution in [3.05, 3.63) is 53.9 Å². The molecule has 3 rings (SSSR count). The summed E-state index contributed by atoms with van der Waals surface area (Å²) in [6.45, 7) is 1.99. The highest BCUT2D eigenvalue weighted by atomic mass is 19.2. The molecule has 6 heteroatoms. The van der Waals surface area contributed by atoms with E-state index >= 15 is 0 Å². The van der Waals surface area contributed by atoms with Crippen LogP contribution in [0.1, 0.15) is 17.9 Å². The summed E-state index contributed by atoms with van der Waals surface area (Å²) in [5.41, 5.74) is 0.135. The van der Waals surface area contributed by atoms with Crippen LogP contribution in [0.15, 0.2) is 30.9 Å². The largest absolute Gasteiger partial charge is 0.324 e. The molecule has 0 amide bonds. The molecule has 2 aromatic rings. The fourth-order valence-corrected chi connectivity index (χ4v) is 2.69. The van der Waals surface area contributed by atoms with Gasteiger partial charge in [-0.05, 0) is 18.1 Å². The lowest BCUT2D eigenvalue weighted by molar-refractivity contribution is 0.266. The van der Waals surface area contributed by atoms with Crippen molar-refractivity contribution in [1.82, 2.24) is 14.5 Å². The van der Waals surface area contributed by atoms with E-state index in [1.165, 1.54) is 0 Å². The van der Waals surface area contributed by atoms with E-state index < -0.39 is 17.5 Å². The summed E-state index contributed by atoms with van der Waals surface area (Å²) in [6, 6.07) is 1.68. The summed E-state index contributed by atoms with van der Waals surface area (Å²) in [5.74, 6) is -2.95. The smallest absolute Gasteiger partial charge is 0.162 e. The second-order valence-corrected chi connectivity index (χ2v) is 5.07. The number of rotatable bonds is 3. The van der Waals surface area contributed by atoms with Crippen LogP contribution in [0.5, 0.6) is 0 Å².